The minimum atomic E-state index is -0.390. The second kappa shape index (κ2) is 7.21. The third-order valence-electron chi connectivity index (χ3n) is 5.83. The molecule has 1 aromatic carbocycles. The van der Waals surface area contributed by atoms with Gasteiger partial charge in [0.2, 0.25) is 5.91 Å². The fourth-order valence-electron chi connectivity index (χ4n) is 3.75. The van der Waals surface area contributed by atoms with Gasteiger partial charge < -0.3 is 15.0 Å². The minimum Gasteiger partial charge on any atom is -0.378 e. The van der Waals surface area contributed by atoms with Crippen LogP contribution >= 0.6 is 0 Å². The van der Waals surface area contributed by atoms with E-state index in [2.05, 4.69) is 60.2 Å². The van der Waals surface area contributed by atoms with Gasteiger partial charge in [0.05, 0.1) is 30.5 Å². The van der Waals surface area contributed by atoms with Crippen LogP contribution in [0.4, 0.5) is 11.5 Å². The van der Waals surface area contributed by atoms with Gasteiger partial charge in [0.1, 0.15) is 5.82 Å². The summed E-state index contributed by atoms with van der Waals surface area (Å²) in [6.07, 6.45) is 3.54. The topological polar surface area (TPSA) is 54.5 Å². The van der Waals surface area contributed by atoms with Crippen molar-refractivity contribution >= 4 is 17.4 Å². The molecule has 2 aliphatic rings. The smallest absolute Gasteiger partial charge is 0.235 e. The molecule has 5 nitrogen and oxygen atoms in total. The number of amides is 1. The Kier molecular flexibility index (Phi) is 4.88. The fourth-order valence-corrected chi connectivity index (χ4v) is 3.75. The lowest BCUT2D eigenvalue weighted by Crippen LogP contribution is -2.36. The third kappa shape index (κ3) is 3.76. The first-order valence-corrected chi connectivity index (χ1v) is 10.1. The van der Waals surface area contributed by atoms with E-state index < -0.39 is 0 Å². The summed E-state index contributed by atoms with van der Waals surface area (Å²) in [7, 11) is 0. The van der Waals surface area contributed by atoms with Gasteiger partial charge in [-0.25, -0.2) is 4.98 Å². The Morgan fingerprint density at radius 2 is 1.75 bits per heavy atom. The minimum absolute atomic E-state index is 0.0666. The summed E-state index contributed by atoms with van der Waals surface area (Å²) >= 11 is 0. The number of carbonyl (C=O) groups is 1. The molecule has 5 heteroatoms. The van der Waals surface area contributed by atoms with Crippen molar-refractivity contribution in [1.29, 1.82) is 0 Å². The van der Waals surface area contributed by atoms with Crippen molar-refractivity contribution in [2.45, 2.75) is 44.4 Å². The summed E-state index contributed by atoms with van der Waals surface area (Å²) in [5.74, 6) is 0.997. The van der Waals surface area contributed by atoms with Crippen LogP contribution in [0.1, 0.15) is 44.7 Å². The van der Waals surface area contributed by atoms with Crippen LogP contribution in [0.25, 0.3) is 0 Å². The van der Waals surface area contributed by atoms with Gasteiger partial charge in [-0.05, 0) is 41.5 Å². The van der Waals surface area contributed by atoms with Gasteiger partial charge in [0.25, 0.3) is 0 Å². The van der Waals surface area contributed by atoms with E-state index in [4.69, 9.17) is 4.74 Å². The molecule has 28 heavy (non-hydrogen) atoms. The molecule has 1 aliphatic heterocycles. The zero-order valence-corrected chi connectivity index (χ0v) is 17.0. The van der Waals surface area contributed by atoms with Gasteiger partial charge in [0, 0.05) is 13.1 Å². The van der Waals surface area contributed by atoms with Crippen molar-refractivity contribution in [1.82, 2.24) is 4.98 Å². The number of rotatable bonds is 4. The average Bonchev–Trinajstić information content (AvgIpc) is 3.51. The Morgan fingerprint density at radius 3 is 2.29 bits per heavy atom. The molecule has 148 valence electrons. The first-order chi connectivity index (χ1) is 13.4. The number of pyridine rings is 1. The Morgan fingerprint density at radius 1 is 1.07 bits per heavy atom. The fraction of sp³-hybridized carbons (Fsp3) is 0.478. The molecular weight excluding hydrogens is 350 g/mol. The maximum absolute atomic E-state index is 13.0. The zero-order chi connectivity index (χ0) is 19.8. The van der Waals surface area contributed by atoms with E-state index in [1.807, 2.05) is 12.1 Å². The monoisotopic (exact) mass is 379 g/mol. The maximum Gasteiger partial charge on any atom is 0.235 e. The van der Waals surface area contributed by atoms with Crippen molar-refractivity contribution < 1.29 is 9.53 Å². The van der Waals surface area contributed by atoms with E-state index in [-0.39, 0.29) is 16.7 Å². The Labute approximate surface area is 167 Å². The van der Waals surface area contributed by atoms with Crippen LogP contribution in [-0.4, -0.2) is 37.2 Å². The summed E-state index contributed by atoms with van der Waals surface area (Å²) in [5.41, 5.74) is 2.87. The number of anilines is 2. The number of nitrogens with one attached hydrogen (secondary N) is 1. The van der Waals surface area contributed by atoms with Crippen molar-refractivity contribution in [3.8, 4) is 0 Å². The van der Waals surface area contributed by atoms with Crippen LogP contribution in [0.2, 0.25) is 0 Å². The Hall–Kier alpha value is -2.40. The maximum atomic E-state index is 13.0. The van der Waals surface area contributed by atoms with E-state index in [0.717, 1.165) is 56.2 Å². The molecule has 0 bridgehead atoms. The molecule has 1 aliphatic carbocycles. The van der Waals surface area contributed by atoms with Crippen molar-refractivity contribution in [3.63, 3.8) is 0 Å². The average molecular weight is 380 g/mol. The molecule has 2 aromatic rings. The summed E-state index contributed by atoms with van der Waals surface area (Å²) < 4.78 is 5.38. The number of ether oxygens (including phenoxy) is 1. The molecule has 0 atom stereocenters. The molecule has 2 fully saturated rings. The van der Waals surface area contributed by atoms with Crippen LogP contribution in [0, 0.1) is 0 Å². The predicted molar refractivity (Wildman–Crippen MR) is 112 cm³/mol. The van der Waals surface area contributed by atoms with Gasteiger partial charge in [-0.15, -0.1) is 0 Å². The molecule has 2 heterocycles. The molecule has 0 unspecified atom stereocenters. The first-order valence-electron chi connectivity index (χ1n) is 10.1. The molecule has 4 rings (SSSR count). The second-order valence-electron chi connectivity index (χ2n) is 8.87. The molecule has 1 amide bonds. The molecule has 1 aromatic heterocycles. The van der Waals surface area contributed by atoms with Crippen molar-refractivity contribution in [3.05, 3.63) is 53.7 Å². The van der Waals surface area contributed by atoms with E-state index in [0.29, 0.717) is 0 Å². The molecule has 1 saturated carbocycles. The van der Waals surface area contributed by atoms with E-state index in [1.54, 1.807) is 6.20 Å². The highest BCUT2D eigenvalue weighted by molar-refractivity contribution is 6.01. The number of hydrogen-bond donors (Lipinski definition) is 1. The Balaban J connectivity index is 1.44. The lowest BCUT2D eigenvalue weighted by atomic mass is 9.85. The summed E-state index contributed by atoms with van der Waals surface area (Å²) in [6, 6.07) is 12.5. The summed E-state index contributed by atoms with van der Waals surface area (Å²) in [6.45, 7) is 9.78. The number of morpholine rings is 1. The van der Waals surface area contributed by atoms with Gasteiger partial charge in [-0.3, -0.25) is 4.79 Å². The second-order valence-corrected chi connectivity index (χ2v) is 8.87. The van der Waals surface area contributed by atoms with E-state index in [9.17, 15) is 4.79 Å². The number of aromatic nitrogens is 1. The van der Waals surface area contributed by atoms with Crippen LogP contribution in [0.3, 0.4) is 0 Å². The largest absolute Gasteiger partial charge is 0.378 e. The van der Waals surface area contributed by atoms with Crippen molar-refractivity contribution in [2.75, 3.05) is 36.5 Å². The normalized spacial score (nSPS) is 18.6. The Bertz CT molecular complexity index is 828. The van der Waals surface area contributed by atoms with Crippen LogP contribution < -0.4 is 10.2 Å². The summed E-state index contributed by atoms with van der Waals surface area (Å²) in [5, 5.41) is 3.07. The van der Waals surface area contributed by atoms with E-state index in [1.165, 1.54) is 5.56 Å². The molecular formula is C23H29N3O2. The van der Waals surface area contributed by atoms with Crippen LogP contribution in [-0.2, 0) is 20.4 Å². The number of nitrogens with zero attached hydrogens (tertiary/aromatic N) is 2. The number of benzene rings is 1. The predicted octanol–water partition coefficient (Wildman–Crippen LogP) is 3.89. The molecule has 0 radical (unpaired) electrons. The zero-order valence-electron chi connectivity index (χ0n) is 17.0. The SMILES string of the molecule is CC(C)(C)c1ccc(C2(C(=O)Nc3ccc(N4CCOCC4)nc3)CC2)cc1. The number of carbonyl (C=O) groups excluding carboxylic acids is 1. The number of hydrogen-bond acceptors (Lipinski definition) is 4. The van der Waals surface area contributed by atoms with Crippen molar-refractivity contribution in [2.24, 2.45) is 0 Å². The lowest BCUT2D eigenvalue weighted by Gasteiger charge is -2.27. The van der Waals surface area contributed by atoms with Crippen LogP contribution in [0.5, 0.6) is 0 Å². The van der Waals surface area contributed by atoms with E-state index >= 15 is 0 Å². The van der Waals surface area contributed by atoms with Gasteiger partial charge >= 0.3 is 0 Å². The highest BCUT2D eigenvalue weighted by atomic mass is 16.5. The molecule has 0 spiro atoms. The molecule has 1 saturated heterocycles. The van der Waals surface area contributed by atoms with Gasteiger partial charge in [0.15, 0.2) is 0 Å². The lowest BCUT2D eigenvalue weighted by molar-refractivity contribution is -0.118. The summed E-state index contributed by atoms with van der Waals surface area (Å²) in [4.78, 5) is 19.7. The highest BCUT2D eigenvalue weighted by Gasteiger charge is 2.51. The standard InChI is InChI=1S/C23H29N3O2/c1-22(2,3)17-4-6-18(7-5-17)23(10-11-23)21(27)25-19-8-9-20(24-16-19)26-12-14-28-15-13-26/h4-9,16H,10-15H2,1-3H3,(H,25,27). The quantitative estimate of drug-likeness (QED) is 0.876. The third-order valence-corrected chi connectivity index (χ3v) is 5.83. The van der Waals surface area contributed by atoms with Gasteiger partial charge in [-0.1, -0.05) is 45.0 Å². The van der Waals surface area contributed by atoms with Gasteiger partial charge in [-0.2, -0.15) is 0 Å². The highest BCUT2D eigenvalue weighted by Crippen LogP contribution is 2.49. The van der Waals surface area contributed by atoms with Crippen LogP contribution in [0.15, 0.2) is 42.6 Å². The molecule has 1 N–H and O–H groups in total. The first kappa shape index (κ1) is 18.9.